The molecule has 0 aliphatic heterocycles. The molecule has 0 saturated heterocycles. The van der Waals surface area contributed by atoms with Crippen LogP contribution >= 0.6 is 0 Å². The van der Waals surface area contributed by atoms with Crippen LogP contribution in [0, 0.1) is 0 Å². The molecule has 1 N–H and O–H groups in total. The van der Waals surface area contributed by atoms with Gasteiger partial charge >= 0.3 is 0 Å². The minimum Gasteiger partial charge on any atom is -0.495 e. The third-order valence-electron chi connectivity index (χ3n) is 2.10. The van der Waals surface area contributed by atoms with Crippen molar-refractivity contribution in [2.75, 3.05) is 7.11 Å². The van der Waals surface area contributed by atoms with Gasteiger partial charge in [-0.2, -0.15) is 0 Å². The molecule has 0 spiro atoms. The number of hydrogen-bond donors (Lipinski definition) is 1. The molecule has 0 bridgehead atoms. The van der Waals surface area contributed by atoms with Crippen LogP contribution in [0.1, 0.15) is 30.1 Å². The molecular weight excluding hydrogens is 194 g/mol. The Hall–Kier alpha value is -1.42. The van der Waals surface area contributed by atoms with Gasteiger partial charge in [-0.15, -0.1) is 0 Å². The molecule has 1 atom stereocenters. The lowest BCUT2D eigenvalue weighted by molar-refractivity contribution is 0.0728. The molecule has 0 aliphatic rings. The number of carbonyl (C=O) groups excluding carboxylic acids is 1. The lowest BCUT2D eigenvalue weighted by Gasteiger charge is -2.08. The molecule has 0 aliphatic carbocycles. The summed E-state index contributed by atoms with van der Waals surface area (Å²) in [5, 5.41) is 9.52. The number of aliphatic hydroxyl groups excluding tert-OH is 1. The summed E-state index contributed by atoms with van der Waals surface area (Å²) < 4.78 is 4.95. The third kappa shape index (κ3) is 3.02. The summed E-state index contributed by atoms with van der Waals surface area (Å²) in [7, 11) is 1.51. The first-order valence-electron chi connectivity index (χ1n) is 4.90. The zero-order chi connectivity index (χ0) is 11.3. The normalized spacial score (nSPS) is 12.2. The molecule has 1 aromatic heterocycles. The first-order chi connectivity index (χ1) is 7.19. The topological polar surface area (TPSA) is 59.4 Å². The van der Waals surface area contributed by atoms with E-state index in [1.807, 2.05) is 6.92 Å². The predicted octanol–water partition coefficient (Wildman–Crippen LogP) is 1.43. The van der Waals surface area contributed by atoms with Gasteiger partial charge in [0.05, 0.1) is 13.3 Å². The van der Waals surface area contributed by atoms with Gasteiger partial charge in [0.25, 0.3) is 0 Å². The number of pyridine rings is 1. The average Bonchev–Trinajstić information content (AvgIpc) is 2.28. The van der Waals surface area contributed by atoms with Gasteiger partial charge in [0.2, 0.25) is 0 Å². The Bertz CT molecular complexity index is 338. The number of aromatic nitrogens is 1. The number of methoxy groups -OCH3 is 1. The van der Waals surface area contributed by atoms with Crippen LogP contribution in [0.25, 0.3) is 0 Å². The molecule has 0 aromatic carbocycles. The minimum atomic E-state index is -0.941. The second-order valence-electron chi connectivity index (χ2n) is 3.28. The maximum Gasteiger partial charge on any atom is 0.192 e. The highest BCUT2D eigenvalue weighted by atomic mass is 16.5. The SMILES string of the molecule is CCCC(O)C(=O)c1cncc(OC)c1. The fraction of sp³-hybridized carbons (Fsp3) is 0.455. The molecule has 1 aromatic rings. The maximum atomic E-state index is 11.7. The van der Waals surface area contributed by atoms with Crippen molar-refractivity contribution in [3.63, 3.8) is 0 Å². The molecule has 0 fully saturated rings. The molecule has 0 amide bonds. The van der Waals surface area contributed by atoms with Crippen molar-refractivity contribution in [1.82, 2.24) is 4.98 Å². The van der Waals surface area contributed by atoms with Gasteiger partial charge in [-0.05, 0) is 12.5 Å². The Labute approximate surface area is 88.9 Å². The van der Waals surface area contributed by atoms with Crippen LogP contribution in [0.2, 0.25) is 0 Å². The molecule has 4 heteroatoms. The zero-order valence-electron chi connectivity index (χ0n) is 8.93. The van der Waals surface area contributed by atoms with Gasteiger partial charge in [-0.25, -0.2) is 0 Å². The van der Waals surface area contributed by atoms with Crippen molar-refractivity contribution in [2.45, 2.75) is 25.9 Å². The van der Waals surface area contributed by atoms with Gasteiger partial charge in [0.15, 0.2) is 5.78 Å². The zero-order valence-corrected chi connectivity index (χ0v) is 8.93. The van der Waals surface area contributed by atoms with Gasteiger partial charge in [-0.3, -0.25) is 9.78 Å². The molecule has 15 heavy (non-hydrogen) atoms. The quantitative estimate of drug-likeness (QED) is 0.745. The fourth-order valence-electron chi connectivity index (χ4n) is 1.26. The van der Waals surface area contributed by atoms with Gasteiger partial charge in [-0.1, -0.05) is 13.3 Å². The molecular formula is C11H15NO3. The largest absolute Gasteiger partial charge is 0.495 e. The first kappa shape index (κ1) is 11.7. The van der Waals surface area contributed by atoms with E-state index in [1.54, 1.807) is 6.07 Å². The van der Waals surface area contributed by atoms with E-state index in [2.05, 4.69) is 4.98 Å². The molecule has 0 saturated carbocycles. The van der Waals surface area contributed by atoms with E-state index in [0.29, 0.717) is 17.7 Å². The number of ether oxygens (including phenoxy) is 1. The van der Waals surface area contributed by atoms with Crippen LogP contribution < -0.4 is 4.74 Å². The van der Waals surface area contributed by atoms with Crippen molar-refractivity contribution < 1.29 is 14.6 Å². The van der Waals surface area contributed by atoms with Crippen molar-refractivity contribution in [3.05, 3.63) is 24.0 Å². The van der Waals surface area contributed by atoms with Crippen LogP contribution in [0.3, 0.4) is 0 Å². The lowest BCUT2D eigenvalue weighted by atomic mass is 10.0. The Morgan fingerprint density at radius 2 is 2.33 bits per heavy atom. The lowest BCUT2D eigenvalue weighted by Crippen LogP contribution is -2.20. The minimum absolute atomic E-state index is 0.303. The second kappa shape index (κ2) is 5.46. The monoisotopic (exact) mass is 209 g/mol. The van der Waals surface area contributed by atoms with Crippen LogP contribution in [-0.4, -0.2) is 29.1 Å². The van der Waals surface area contributed by atoms with Crippen molar-refractivity contribution in [1.29, 1.82) is 0 Å². The molecule has 82 valence electrons. The van der Waals surface area contributed by atoms with E-state index in [4.69, 9.17) is 4.74 Å². The van der Waals surface area contributed by atoms with E-state index in [1.165, 1.54) is 19.5 Å². The number of nitrogens with zero attached hydrogens (tertiary/aromatic N) is 1. The summed E-state index contributed by atoms with van der Waals surface area (Å²) in [4.78, 5) is 15.5. The summed E-state index contributed by atoms with van der Waals surface area (Å²) in [6.45, 7) is 1.92. The third-order valence-corrected chi connectivity index (χ3v) is 2.10. The van der Waals surface area contributed by atoms with Crippen molar-refractivity contribution in [3.8, 4) is 5.75 Å². The van der Waals surface area contributed by atoms with Crippen molar-refractivity contribution in [2.24, 2.45) is 0 Å². The smallest absolute Gasteiger partial charge is 0.192 e. The number of rotatable bonds is 5. The highest BCUT2D eigenvalue weighted by molar-refractivity contribution is 5.99. The summed E-state index contributed by atoms with van der Waals surface area (Å²) >= 11 is 0. The number of carbonyl (C=O) groups is 1. The molecule has 4 nitrogen and oxygen atoms in total. The Kier molecular flexibility index (Phi) is 4.24. The van der Waals surface area contributed by atoms with Crippen LogP contribution in [0.5, 0.6) is 5.75 Å². The van der Waals surface area contributed by atoms with E-state index in [-0.39, 0.29) is 5.78 Å². The number of hydrogen-bond acceptors (Lipinski definition) is 4. The Balaban J connectivity index is 2.81. The standard InChI is InChI=1S/C11H15NO3/c1-3-4-10(13)11(14)8-5-9(15-2)7-12-6-8/h5-7,10,13H,3-4H2,1-2H3. The molecule has 1 heterocycles. The van der Waals surface area contributed by atoms with Gasteiger partial charge in [0.1, 0.15) is 11.9 Å². The van der Waals surface area contributed by atoms with Crippen LogP contribution in [-0.2, 0) is 0 Å². The predicted molar refractivity (Wildman–Crippen MR) is 56.0 cm³/mol. The Morgan fingerprint density at radius 3 is 2.93 bits per heavy atom. The fourth-order valence-corrected chi connectivity index (χ4v) is 1.26. The highest BCUT2D eigenvalue weighted by Gasteiger charge is 2.16. The number of Topliss-reactive ketones (excluding diaryl/α,β-unsaturated/α-hetero) is 1. The second-order valence-corrected chi connectivity index (χ2v) is 3.28. The summed E-state index contributed by atoms with van der Waals surface area (Å²) in [5.41, 5.74) is 0.385. The molecule has 1 unspecified atom stereocenters. The number of aliphatic hydroxyl groups is 1. The van der Waals surface area contributed by atoms with Gasteiger partial charge in [0, 0.05) is 11.8 Å². The average molecular weight is 209 g/mol. The maximum absolute atomic E-state index is 11.7. The highest BCUT2D eigenvalue weighted by Crippen LogP contribution is 2.13. The molecule has 0 radical (unpaired) electrons. The van der Waals surface area contributed by atoms with E-state index in [0.717, 1.165) is 6.42 Å². The summed E-state index contributed by atoms with van der Waals surface area (Å²) in [6.07, 6.45) is 3.25. The van der Waals surface area contributed by atoms with E-state index in [9.17, 15) is 9.90 Å². The van der Waals surface area contributed by atoms with Crippen molar-refractivity contribution >= 4 is 5.78 Å². The Morgan fingerprint density at radius 1 is 1.60 bits per heavy atom. The molecule has 1 rings (SSSR count). The summed E-state index contributed by atoms with van der Waals surface area (Å²) in [5.74, 6) is 0.216. The van der Waals surface area contributed by atoms with E-state index < -0.39 is 6.10 Å². The van der Waals surface area contributed by atoms with Crippen LogP contribution in [0.15, 0.2) is 18.5 Å². The first-order valence-corrected chi connectivity index (χ1v) is 4.90. The number of ketones is 1. The summed E-state index contributed by atoms with van der Waals surface area (Å²) in [6, 6.07) is 1.58. The van der Waals surface area contributed by atoms with Crippen LogP contribution in [0.4, 0.5) is 0 Å². The van der Waals surface area contributed by atoms with Gasteiger partial charge < -0.3 is 9.84 Å². The van der Waals surface area contributed by atoms with E-state index >= 15 is 0 Å².